The normalized spacial score (nSPS) is 19.5. The van der Waals surface area contributed by atoms with Gasteiger partial charge in [-0.25, -0.2) is 9.97 Å². The monoisotopic (exact) mass is 291 g/mol. The maximum atomic E-state index is 4.70. The van der Waals surface area contributed by atoms with Crippen LogP contribution in [0.25, 0.3) is 0 Å². The number of aryl methyl sites for hydroxylation is 1. The van der Waals surface area contributed by atoms with Crippen molar-refractivity contribution in [1.29, 1.82) is 0 Å². The van der Waals surface area contributed by atoms with Gasteiger partial charge in [-0.1, -0.05) is 13.3 Å². The van der Waals surface area contributed by atoms with Crippen molar-refractivity contribution in [1.82, 2.24) is 14.9 Å². The number of hydrogen-bond donors (Lipinski definition) is 2. The van der Waals surface area contributed by atoms with E-state index in [2.05, 4.69) is 41.4 Å². The second kappa shape index (κ2) is 7.59. The van der Waals surface area contributed by atoms with Crippen molar-refractivity contribution in [3.63, 3.8) is 0 Å². The molecule has 21 heavy (non-hydrogen) atoms. The molecule has 118 valence electrons. The summed E-state index contributed by atoms with van der Waals surface area (Å²) in [6, 6.07) is 0.612. The molecule has 2 N–H and O–H groups in total. The van der Waals surface area contributed by atoms with Crippen molar-refractivity contribution in [3.8, 4) is 0 Å². The lowest BCUT2D eigenvalue weighted by Gasteiger charge is -2.32. The fourth-order valence-electron chi connectivity index (χ4n) is 2.93. The third kappa shape index (κ3) is 4.06. The SMILES string of the molecule is CCCc1nc(NC)c(C)c(NCC2CCCCN2C)n1. The van der Waals surface area contributed by atoms with Gasteiger partial charge >= 0.3 is 0 Å². The van der Waals surface area contributed by atoms with E-state index in [9.17, 15) is 0 Å². The summed E-state index contributed by atoms with van der Waals surface area (Å²) in [5.74, 6) is 2.84. The first kappa shape index (κ1) is 16.0. The highest BCUT2D eigenvalue weighted by molar-refractivity contribution is 5.57. The molecule has 0 spiro atoms. The molecule has 1 atom stereocenters. The summed E-state index contributed by atoms with van der Waals surface area (Å²) in [5.41, 5.74) is 1.11. The second-order valence-corrected chi connectivity index (χ2v) is 5.97. The molecule has 1 aromatic heterocycles. The number of likely N-dealkylation sites (N-methyl/N-ethyl adjacent to an activating group) is 1. The molecule has 0 saturated carbocycles. The number of likely N-dealkylation sites (tertiary alicyclic amines) is 1. The first-order valence-electron chi connectivity index (χ1n) is 8.15. The number of nitrogens with zero attached hydrogens (tertiary/aromatic N) is 3. The van der Waals surface area contributed by atoms with E-state index in [1.807, 2.05) is 7.05 Å². The Kier molecular flexibility index (Phi) is 5.79. The zero-order valence-electron chi connectivity index (χ0n) is 13.9. The van der Waals surface area contributed by atoms with Crippen molar-refractivity contribution in [2.75, 3.05) is 37.8 Å². The first-order valence-corrected chi connectivity index (χ1v) is 8.15. The number of rotatable bonds is 6. The fourth-order valence-corrected chi connectivity index (χ4v) is 2.93. The quantitative estimate of drug-likeness (QED) is 0.844. The Bertz CT molecular complexity index is 460. The lowest BCUT2D eigenvalue weighted by molar-refractivity contribution is 0.194. The summed E-state index contributed by atoms with van der Waals surface area (Å²) < 4.78 is 0. The van der Waals surface area contributed by atoms with Crippen LogP contribution in [0.5, 0.6) is 0 Å². The molecule has 0 aliphatic carbocycles. The molecule has 1 aromatic rings. The van der Waals surface area contributed by atoms with E-state index < -0.39 is 0 Å². The average molecular weight is 291 g/mol. The Morgan fingerprint density at radius 2 is 2.00 bits per heavy atom. The molecule has 2 heterocycles. The fraction of sp³-hybridized carbons (Fsp3) is 0.750. The molecule has 1 saturated heterocycles. The highest BCUT2D eigenvalue weighted by atomic mass is 15.2. The standard InChI is InChI=1S/C16H29N5/c1-5-8-14-19-15(17-3)12(2)16(20-14)18-11-13-9-6-7-10-21(13)4/h13H,5-11H2,1-4H3,(H2,17,18,19,20). The van der Waals surface area contributed by atoms with Crippen LogP contribution in [0.4, 0.5) is 11.6 Å². The molecule has 0 aromatic carbocycles. The highest BCUT2D eigenvalue weighted by Gasteiger charge is 2.19. The van der Waals surface area contributed by atoms with Gasteiger partial charge in [-0.3, -0.25) is 0 Å². The van der Waals surface area contributed by atoms with Crippen LogP contribution in [0.1, 0.15) is 44.0 Å². The predicted octanol–water partition coefficient (Wildman–Crippen LogP) is 2.68. The van der Waals surface area contributed by atoms with E-state index in [1.165, 1.54) is 25.8 Å². The number of aromatic nitrogens is 2. The second-order valence-electron chi connectivity index (χ2n) is 5.97. The van der Waals surface area contributed by atoms with E-state index in [1.54, 1.807) is 0 Å². The number of hydrogen-bond acceptors (Lipinski definition) is 5. The summed E-state index contributed by atoms with van der Waals surface area (Å²) in [6.45, 7) is 6.40. The summed E-state index contributed by atoms with van der Waals surface area (Å²) in [4.78, 5) is 11.7. The van der Waals surface area contributed by atoms with Gasteiger partial charge in [-0.2, -0.15) is 0 Å². The molecule has 1 aliphatic heterocycles. The molecule has 2 rings (SSSR count). The van der Waals surface area contributed by atoms with Crippen LogP contribution in [0.2, 0.25) is 0 Å². The summed E-state index contributed by atoms with van der Waals surface area (Å²) in [6.07, 6.45) is 5.92. The van der Waals surface area contributed by atoms with Crippen molar-refractivity contribution >= 4 is 11.6 Å². The molecule has 0 bridgehead atoms. The first-order chi connectivity index (χ1) is 10.2. The van der Waals surface area contributed by atoms with Crippen molar-refractivity contribution in [2.24, 2.45) is 0 Å². The number of nitrogens with one attached hydrogen (secondary N) is 2. The topological polar surface area (TPSA) is 53.1 Å². The zero-order valence-corrected chi connectivity index (χ0v) is 13.9. The smallest absolute Gasteiger partial charge is 0.134 e. The molecular formula is C16H29N5. The minimum atomic E-state index is 0.612. The van der Waals surface area contributed by atoms with Gasteiger partial charge in [0.25, 0.3) is 0 Å². The van der Waals surface area contributed by atoms with Crippen molar-refractivity contribution in [2.45, 2.75) is 52.0 Å². The third-order valence-electron chi connectivity index (χ3n) is 4.33. The van der Waals surface area contributed by atoms with Gasteiger partial charge in [0.1, 0.15) is 17.5 Å². The Morgan fingerprint density at radius 1 is 1.24 bits per heavy atom. The lowest BCUT2D eigenvalue weighted by atomic mass is 10.0. The van der Waals surface area contributed by atoms with Gasteiger partial charge in [0, 0.05) is 31.6 Å². The predicted molar refractivity (Wildman–Crippen MR) is 89.1 cm³/mol. The van der Waals surface area contributed by atoms with Crippen LogP contribution in [-0.2, 0) is 6.42 Å². The van der Waals surface area contributed by atoms with Gasteiger partial charge in [0.15, 0.2) is 0 Å². The Hall–Kier alpha value is -1.36. The van der Waals surface area contributed by atoms with E-state index in [-0.39, 0.29) is 0 Å². The van der Waals surface area contributed by atoms with Gasteiger partial charge in [-0.05, 0) is 39.8 Å². The molecule has 1 fully saturated rings. The molecular weight excluding hydrogens is 262 g/mol. The zero-order chi connectivity index (χ0) is 15.2. The third-order valence-corrected chi connectivity index (χ3v) is 4.33. The van der Waals surface area contributed by atoms with E-state index in [0.29, 0.717) is 6.04 Å². The largest absolute Gasteiger partial charge is 0.373 e. The molecule has 0 radical (unpaired) electrons. The van der Waals surface area contributed by atoms with Gasteiger partial charge in [-0.15, -0.1) is 0 Å². The van der Waals surface area contributed by atoms with E-state index in [0.717, 1.165) is 42.4 Å². The number of anilines is 2. The minimum Gasteiger partial charge on any atom is -0.373 e. The number of piperidine rings is 1. The maximum Gasteiger partial charge on any atom is 0.134 e. The van der Waals surface area contributed by atoms with Crippen LogP contribution in [0, 0.1) is 6.92 Å². The van der Waals surface area contributed by atoms with Crippen LogP contribution in [-0.4, -0.2) is 48.1 Å². The summed E-state index contributed by atoms with van der Waals surface area (Å²) in [5, 5.41) is 6.73. The van der Waals surface area contributed by atoms with Crippen molar-refractivity contribution < 1.29 is 0 Å². The molecule has 0 amide bonds. The molecule has 5 heteroatoms. The van der Waals surface area contributed by atoms with Crippen LogP contribution < -0.4 is 10.6 Å². The minimum absolute atomic E-state index is 0.612. The van der Waals surface area contributed by atoms with Gasteiger partial charge < -0.3 is 15.5 Å². The van der Waals surface area contributed by atoms with Crippen LogP contribution in [0.15, 0.2) is 0 Å². The average Bonchev–Trinajstić information content (AvgIpc) is 2.49. The van der Waals surface area contributed by atoms with Gasteiger partial charge in [0.2, 0.25) is 0 Å². The van der Waals surface area contributed by atoms with Crippen LogP contribution >= 0.6 is 0 Å². The molecule has 1 unspecified atom stereocenters. The van der Waals surface area contributed by atoms with Crippen LogP contribution in [0.3, 0.4) is 0 Å². The lowest BCUT2D eigenvalue weighted by Crippen LogP contribution is -2.41. The Balaban J connectivity index is 2.08. The van der Waals surface area contributed by atoms with E-state index in [4.69, 9.17) is 4.98 Å². The Labute approximate surface area is 128 Å². The van der Waals surface area contributed by atoms with E-state index >= 15 is 0 Å². The molecule has 1 aliphatic rings. The molecule has 5 nitrogen and oxygen atoms in total. The Morgan fingerprint density at radius 3 is 2.67 bits per heavy atom. The maximum absolute atomic E-state index is 4.70. The summed E-state index contributed by atoms with van der Waals surface area (Å²) >= 11 is 0. The van der Waals surface area contributed by atoms with Gasteiger partial charge in [0.05, 0.1) is 0 Å². The summed E-state index contributed by atoms with van der Waals surface area (Å²) in [7, 11) is 4.14. The van der Waals surface area contributed by atoms with Crippen molar-refractivity contribution in [3.05, 3.63) is 11.4 Å². The highest BCUT2D eigenvalue weighted by Crippen LogP contribution is 2.21.